The topological polar surface area (TPSA) is 30.7 Å². The highest BCUT2D eigenvalue weighted by Crippen LogP contribution is 2.27. The Bertz CT molecular complexity index is 359. The predicted molar refractivity (Wildman–Crippen MR) is 51.1 cm³/mol. The van der Waals surface area contributed by atoms with E-state index in [0.717, 1.165) is 5.56 Å². The molecule has 11 heavy (non-hydrogen) atoms. The van der Waals surface area contributed by atoms with Crippen LogP contribution < -0.4 is 0 Å². The molecule has 0 aliphatic carbocycles. The molecule has 0 aromatic carbocycles. The molecule has 0 bridgehead atoms. The molecule has 0 radical (unpaired) electrons. The fraction of sp³-hybridized carbons (Fsp3) is 0. The molecule has 0 saturated carbocycles. The predicted octanol–water partition coefficient (Wildman–Crippen LogP) is 2.23. The maximum absolute atomic E-state index is 5.94. The van der Waals surface area contributed by atoms with Gasteiger partial charge in [0.25, 0.3) is 0 Å². The van der Waals surface area contributed by atoms with Crippen LogP contribution in [0, 0.1) is 0 Å². The smallest absolute Gasteiger partial charge is 0.163 e. The van der Waals surface area contributed by atoms with Crippen LogP contribution in [0.1, 0.15) is 0 Å². The van der Waals surface area contributed by atoms with Gasteiger partial charge in [0.1, 0.15) is 11.5 Å². The molecular formula is C6H3ClIN3. The first-order chi connectivity index (χ1) is 5.29. The number of halogens is 2. The molecule has 0 saturated heterocycles. The average molecular weight is 279 g/mol. The number of rotatable bonds is 0. The summed E-state index contributed by atoms with van der Waals surface area (Å²) in [6, 6.07) is 1.85. The van der Waals surface area contributed by atoms with Crippen LogP contribution in [0.2, 0.25) is 5.15 Å². The third-order valence-electron chi connectivity index (χ3n) is 1.37. The van der Waals surface area contributed by atoms with Crippen LogP contribution in [0.5, 0.6) is 0 Å². The van der Waals surface area contributed by atoms with Crippen LogP contribution in [0.15, 0.2) is 18.6 Å². The summed E-state index contributed by atoms with van der Waals surface area (Å²) in [6.45, 7) is 0. The van der Waals surface area contributed by atoms with E-state index in [1.165, 1.54) is 0 Å². The van der Waals surface area contributed by atoms with Gasteiger partial charge in [0.05, 0.1) is 28.4 Å². The van der Waals surface area contributed by atoms with Gasteiger partial charge in [-0.05, 0) is 6.07 Å². The second-order valence-electron chi connectivity index (χ2n) is 2.03. The molecule has 0 aromatic rings. The molecule has 56 valence electrons. The standard InChI is InChI=1S/C6H3ClIN3/c7-5-4-1-2-9-6(4)10-3-11(5)8/h1-3H. The number of hydrogen-bond donors (Lipinski definition) is 0. The van der Waals surface area contributed by atoms with Crippen molar-refractivity contribution in [2.75, 3.05) is 0 Å². The van der Waals surface area contributed by atoms with Crippen molar-refractivity contribution in [2.45, 2.75) is 0 Å². The number of aromatic nitrogens is 3. The van der Waals surface area contributed by atoms with Gasteiger partial charge in [-0.2, -0.15) is 0 Å². The second kappa shape index (κ2) is 2.60. The van der Waals surface area contributed by atoms with Crippen molar-refractivity contribution in [2.24, 2.45) is 0 Å². The SMILES string of the molecule is Clc1c2ccnc-2ncn1I. The van der Waals surface area contributed by atoms with Crippen molar-refractivity contribution < 1.29 is 0 Å². The lowest BCUT2D eigenvalue weighted by Crippen LogP contribution is -1.92. The Hall–Kier alpha value is -0.360. The molecule has 0 spiro atoms. The molecular weight excluding hydrogens is 276 g/mol. The minimum atomic E-state index is 0.660. The number of hydrogen-bond acceptors (Lipinski definition) is 2. The van der Waals surface area contributed by atoms with Gasteiger partial charge in [0.2, 0.25) is 0 Å². The molecule has 0 amide bonds. The largest absolute Gasteiger partial charge is 0.262 e. The van der Waals surface area contributed by atoms with Gasteiger partial charge in [0.15, 0.2) is 5.82 Å². The highest BCUT2D eigenvalue weighted by atomic mass is 127. The highest BCUT2D eigenvalue weighted by molar-refractivity contribution is 14.1. The maximum Gasteiger partial charge on any atom is 0.163 e. The quantitative estimate of drug-likeness (QED) is 0.547. The Balaban J connectivity index is 2.81. The normalized spacial score (nSPS) is 10.7. The van der Waals surface area contributed by atoms with E-state index in [-0.39, 0.29) is 0 Å². The van der Waals surface area contributed by atoms with Crippen molar-refractivity contribution in [3.05, 3.63) is 23.7 Å². The van der Waals surface area contributed by atoms with E-state index in [4.69, 9.17) is 11.6 Å². The van der Waals surface area contributed by atoms with Crippen molar-refractivity contribution in [1.82, 2.24) is 12.7 Å². The Morgan fingerprint density at radius 2 is 2.27 bits per heavy atom. The molecule has 2 heterocycles. The summed E-state index contributed by atoms with van der Waals surface area (Å²) >= 11 is 8.01. The van der Waals surface area contributed by atoms with E-state index < -0.39 is 0 Å². The van der Waals surface area contributed by atoms with Gasteiger partial charge >= 0.3 is 0 Å². The Labute approximate surface area is 82.2 Å². The summed E-state index contributed by atoms with van der Waals surface area (Å²) in [5.41, 5.74) is 0.892. The third kappa shape index (κ3) is 1.10. The van der Waals surface area contributed by atoms with Crippen LogP contribution >= 0.6 is 34.5 Å². The van der Waals surface area contributed by atoms with E-state index in [1.807, 2.05) is 6.07 Å². The van der Waals surface area contributed by atoms with Gasteiger partial charge in [-0.15, -0.1) is 0 Å². The van der Waals surface area contributed by atoms with E-state index in [2.05, 4.69) is 32.8 Å². The lowest BCUT2D eigenvalue weighted by atomic mass is 10.3. The van der Waals surface area contributed by atoms with Crippen LogP contribution in [-0.4, -0.2) is 12.7 Å². The van der Waals surface area contributed by atoms with E-state index in [9.17, 15) is 0 Å². The monoisotopic (exact) mass is 279 g/mol. The molecule has 2 aliphatic rings. The molecule has 0 unspecified atom stereocenters. The summed E-state index contributed by atoms with van der Waals surface area (Å²) in [5.74, 6) is 0.697. The van der Waals surface area contributed by atoms with E-state index in [0.29, 0.717) is 11.0 Å². The summed E-state index contributed by atoms with van der Waals surface area (Å²) in [4.78, 5) is 8.07. The zero-order valence-electron chi connectivity index (χ0n) is 5.33. The number of nitrogens with zero attached hydrogens (tertiary/aromatic N) is 3. The van der Waals surface area contributed by atoms with Crippen molar-refractivity contribution in [1.29, 1.82) is 0 Å². The second-order valence-corrected chi connectivity index (χ2v) is 3.43. The first-order valence-corrected chi connectivity index (χ1v) is 4.27. The summed E-state index contributed by atoms with van der Waals surface area (Å²) in [5, 5.41) is 0.660. The molecule has 0 atom stereocenters. The van der Waals surface area contributed by atoms with Crippen LogP contribution in [0.3, 0.4) is 0 Å². The first-order valence-electron chi connectivity index (χ1n) is 2.93. The van der Waals surface area contributed by atoms with Crippen molar-refractivity contribution >= 4 is 34.5 Å². The minimum Gasteiger partial charge on any atom is -0.262 e. The van der Waals surface area contributed by atoms with Gasteiger partial charge in [-0.25, -0.2) is 9.97 Å². The van der Waals surface area contributed by atoms with E-state index >= 15 is 0 Å². The third-order valence-corrected chi connectivity index (χ3v) is 2.77. The van der Waals surface area contributed by atoms with Crippen LogP contribution in [0.25, 0.3) is 11.4 Å². The average Bonchev–Trinajstić information content (AvgIpc) is 2.45. The lowest BCUT2D eigenvalue weighted by molar-refractivity contribution is 1.11. The van der Waals surface area contributed by atoms with Crippen molar-refractivity contribution in [3.8, 4) is 11.4 Å². The molecule has 2 aliphatic heterocycles. The fourth-order valence-corrected chi connectivity index (χ4v) is 1.44. The van der Waals surface area contributed by atoms with Crippen molar-refractivity contribution in [3.63, 3.8) is 0 Å². The van der Waals surface area contributed by atoms with Gasteiger partial charge in [-0.3, -0.25) is 2.78 Å². The zero-order chi connectivity index (χ0) is 7.84. The van der Waals surface area contributed by atoms with Crippen LogP contribution in [-0.2, 0) is 0 Å². The minimum absolute atomic E-state index is 0.660. The molecule has 0 N–H and O–H groups in total. The van der Waals surface area contributed by atoms with Gasteiger partial charge < -0.3 is 0 Å². The van der Waals surface area contributed by atoms with Crippen LogP contribution in [0.4, 0.5) is 0 Å². The first kappa shape index (κ1) is 7.30. The molecule has 5 heteroatoms. The lowest BCUT2D eigenvalue weighted by Gasteiger charge is -2.02. The number of fused-ring (bicyclic) bond motifs is 1. The van der Waals surface area contributed by atoms with Gasteiger partial charge in [0, 0.05) is 6.20 Å². The molecule has 2 rings (SSSR count). The molecule has 3 nitrogen and oxygen atoms in total. The summed E-state index contributed by atoms with van der Waals surface area (Å²) in [7, 11) is 0. The molecule has 0 aromatic heterocycles. The Morgan fingerprint density at radius 1 is 1.45 bits per heavy atom. The Morgan fingerprint density at radius 3 is 3.09 bits per heavy atom. The maximum atomic E-state index is 5.94. The summed E-state index contributed by atoms with van der Waals surface area (Å²) in [6.07, 6.45) is 3.33. The summed E-state index contributed by atoms with van der Waals surface area (Å²) < 4.78 is 1.73. The fourth-order valence-electron chi connectivity index (χ4n) is 0.862. The van der Waals surface area contributed by atoms with Gasteiger partial charge in [-0.1, -0.05) is 11.6 Å². The molecule has 0 fully saturated rings. The van der Waals surface area contributed by atoms with E-state index in [1.54, 1.807) is 15.3 Å². The zero-order valence-corrected chi connectivity index (χ0v) is 8.24. The highest BCUT2D eigenvalue weighted by Gasteiger charge is 2.10. The Kier molecular flexibility index (Phi) is 1.72.